The van der Waals surface area contributed by atoms with Crippen molar-refractivity contribution < 1.29 is 14.6 Å². The van der Waals surface area contributed by atoms with Gasteiger partial charge < -0.3 is 14.7 Å². The normalized spacial score (nSPS) is 16.9. The third kappa shape index (κ3) is 6.52. The van der Waals surface area contributed by atoms with Crippen LogP contribution < -0.4 is 0 Å². The van der Waals surface area contributed by atoms with Crippen molar-refractivity contribution in [2.75, 3.05) is 13.1 Å². The first-order valence-electron chi connectivity index (χ1n) is 8.93. The van der Waals surface area contributed by atoms with Crippen LogP contribution in [0.5, 0.6) is 0 Å². The fraction of sp³-hybridized carbons (Fsp3) is 0.650. The predicted octanol–water partition coefficient (Wildman–Crippen LogP) is 4.33. The van der Waals surface area contributed by atoms with Gasteiger partial charge in [-0.3, -0.25) is 0 Å². The van der Waals surface area contributed by atoms with Crippen LogP contribution in [-0.4, -0.2) is 40.4 Å². The minimum absolute atomic E-state index is 0.287. The van der Waals surface area contributed by atoms with E-state index >= 15 is 0 Å². The highest BCUT2D eigenvalue weighted by Crippen LogP contribution is 2.27. The van der Waals surface area contributed by atoms with Gasteiger partial charge in [0.25, 0.3) is 0 Å². The molecule has 0 bridgehead atoms. The lowest BCUT2D eigenvalue weighted by Gasteiger charge is -2.38. The molecule has 4 heteroatoms. The van der Waals surface area contributed by atoms with E-state index in [4.69, 9.17) is 4.74 Å². The summed E-state index contributed by atoms with van der Waals surface area (Å²) >= 11 is 0. The zero-order valence-corrected chi connectivity index (χ0v) is 16.1. The maximum atomic E-state index is 12.0. The van der Waals surface area contributed by atoms with Crippen molar-refractivity contribution in [3.63, 3.8) is 0 Å². The van der Waals surface area contributed by atoms with Crippen molar-refractivity contribution in [1.82, 2.24) is 4.90 Å². The molecule has 2 rings (SSSR count). The number of hydrogen-bond acceptors (Lipinski definition) is 3. The van der Waals surface area contributed by atoms with Crippen LogP contribution in [0.4, 0.5) is 4.79 Å². The summed E-state index contributed by atoms with van der Waals surface area (Å²) in [5.41, 5.74) is 1.15. The van der Waals surface area contributed by atoms with E-state index in [1.807, 2.05) is 34.6 Å². The summed E-state index contributed by atoms with van der Waals surface area (Å²) in [6.45, 7) is 12.7. The van der Waals surface area contributed by atoms with Crippen LogP contribution in [0.25, 0.3) is 0 Å². The number of amides is 1. The molecule has 1 heterocycles. The van der Waals surface area contributed by atoms with E-state index in [9.17, 15) is 9.90 Å². The quantitative estimate of drug-likeness (QED) is 0.875. The van der Waals surface area contributed by atoms with Crippen LogP contribution >= 0.6 is 0 Å². The molecule has 1 saturated heterocycles. The maximum absolute atomic E-state index is 12.0. The van der Waals surface area contributed by atoms with Gasteiger partial charge in [0.05, 0.1) is 5.60 Å². The highest BCUT2D eigenvalue weighted by atomic mass is 16.6. The van der Waals surface area contributed by atoms with Gasteiger partial charge in [0.15, 0.2) is 0 Å². The molecule has 0 spiro atoms. The molecule has 4 nitrogen and oxygen atoms in total. The number of rotatable bonds is 2. The zero-order chi connectivity index (χ0) is 18.4. The number of ether oxygens (including phenoxy) is 1. The van der Waals surface area contributed by atoms with Crippen molar-refractivity contribution in [1.29, 1.82) is 0 Å². The molecule has 1 aromatic rings. The summed E-state index contributed by atoms with van der Waals surface area (Å²) in [4.78, 5) is 13.7. The summed E-state index contributed by atoms with van der Waals surface area (Å²) in [7, 11) is 0. The molecule has 1 amide bonds. The van der Waals surface area contributed by atoms with E-state index in [-0.39, 0.29) is 6.09 Å². The van der Waals surface area contributed by atoms with Gasteiger partial charge in [0.2, 0.25) is 0 Å². The largest absolute Gasteiger partial charge is 0.444 e. The van der Waals surface area contributed by atoms with Gasteiger partial charge in [0.1, 0.15) is 5.60 Å². The number of aliphatic hydroxyl groups is 1. The SMILES string of the molecule is CC.Cc1ccc(CC2(O)CCN(C(=O)OC(C)(C)C)CC2)cc1. The third-order valence-electron chi connectivity index (χ3n) is 4.00. The van der Waals surface area contributed by atoms with Gasteiger partial charge >= 0.3 is 6.09 Å². The van der Waals surface area contributed by atoms with Crippen molar-refractivity contribution in [2.24, 2.45) is 0 Å². The standard InChI is InChI=1S/C18H27NO3.C2H6/c1-14-5-7-15(8-6-14)13-18(21)9-11-19(12-10-18)16(20)22-17(2,3)4;1-2/h5-8,21H,9-13H2,1-4H3;1-2H3. The number of carbonyl (C=O) groups excluding carboxylic acids is 1. The Balaban J connectivity index is 0.00000139. The van der Waals surface area contributed by atoms with Crippen LogP contribution in [-0.2, 0) is 11.2 Å². The van der Waals surface area contributed by atoms with Crippen LogP contribution in [0.15, 0.2) is 24.3 Å². The molecule has 0 unspecified atom stereocenters. The van der Waals surface area contributed by atoms with E-state index < -0.39 is 11.2 Å². The molecule has 0 radical (unpaired) electrons. The number of benzene rings is 1. The maximum Gasteiger partial charge on any atom is 0.410 e. The van der Waals surface area contributed by atoms with Crippen LogP contribution in [0.1, 0.15) is 58.6 Å². The van der Waals surface area contributed by atoms with Gasteiger partial charge in [-0.2, -0.15) is 0 Å². The van der Waals surface area contributed by atoms with E-state index in [0.29, 0.717) is 32.4 Å². The molecule has 136 valence electrons. The second-order valence-electron chi connectivity index (χ2n) is 7.35. The number of nitrogens with zero attached hydrogens (tertiary/aromatic N) is 1. The molecule has 1 aromatic carbocycles. The minimum atomic E-state index is -0.728. The van der Waals surface area contributed by atoms with Crippen LogP contribution in [0, 0.1) is 6.92 Å². The van der Waals surface area contributed by atoms with E-state index in [1.165, 1.54) is 5.56 Å². The van der Waals surface area contributed by atoms with E-state index in [0.717, 1.165) is 5.56 Å². The molecule has 24 heavy (non-hydrogen) atoms. The fourth-order valence-electron chi connectivity index (χ4n) is 2.69. The van der Waals surface area contributed by atoms with Gasteiger partial charge in [0, 0.05) is 19.5 Å². The molecule has 1 aliphatic heterocycles. The fourth-order valence-corrected chi connectivity index (χ4v) is 2.69. The third-order valence-corrected chi connectivity index (χ3v) is 4.00. The van der Waals surface area contributed by atoms with E-state index in [2.05, 4.69) is 31.2 Å². The Morgan fingerprint density at radius 3 is 2.12 bits per heavy atom. The molecule has 0 saturated carbocycles. The lowest BCUT2D eigenvalue weighted by molar-refractivity contribution is -0.0315. The molecular weight excluding hydrogens is 302 g/mol. The Morgan fingerprint density at radius 1 is 1.17 bits per heavy atom. The van der Waals surface area contributed by atoms with Gasteiger partial charge in [-0.1, -0.05) is 43.7 Å². The average Bonchev–Trinajstić information content (AvgIpc) is 2.50. The first kappa shape index (κ1) is 20.5. The lowest BCUT2D eigenvalue weighted by Crippen LogP contribution is -2.49. The van der Waals surface area contributed by atoms with Crippen molar-refractivity contribution in [3.8, 4) is 0 Å². The molecule has 1 fully saturated rings. The molecule has 0 atom stereocenters. The van der Waals surface area contributed by atoms with Crippen molar-refractivity contribution >= 4 is 6.09 Å². The number of hydrogen-bond donors (Lipinski definition) is 1. The summed E-state index contributed by atoms with van der Waals surface area (Å²) < 4.78 is 5.38. The summed E-state index contributed by atoms with van der Waals surface area (Å²) in [6.07, 6.45) is 1.51. The average molecular weight is 335 g/mol. The smallest absolute Gasteiger partial charge is 0.410 e. The molecule has 1 N–H and O–H groups in total. The first-order valence-corrected chi connectivity index (χ1v) is 8.93. The zero-order valence-electron chi connectivity index (χ0n) is 16.1. The van der Waals surface area contributed by atoms with Crippen molar-refractivity contribution in [2.45, 2.75) is 72.0 Å². The number of piperidine rings is 1. The van der Waals surface area contributed by atoms with Crippen LogP contribution in [0.3, 0.4) is 0 Å². The van der Waals surface area contributed by atoms with Gasteiger partial charge in [-0.25, -0.2) is 4.79 Å². The van der Waals surface area contributed by atoms with Crippen LogP contribution in [0.2, 0.25) is 0 Å². The Morgan fingerprint density at radius 2 is 1.67 bits per heavy atom. The van der Waals surface area contributed by atoms with Crippen molar-refractivity contribution in [3.05, 3.63) is 35.4 Å². The second-order valence-corrected chi connectivity index (χ2v) is 7.35. The highest BCUT2D eigenvalue weighted by molar-refractivity contribution is 5.68. The predicted molar refractivity (Wildman–Crippen MR) is 98.2 cm³/mol. The summed E-state index contributed by atoms with van der Waals surface area (Å²) in [5, 5.41) is 10.7. The molecule has 0 aromatic heterocycles. The Bertz CT molecular complexity index is 509. The molecule has 0 aliphatic carbocycles. The number of carbonyl (C=O) groups is 1. The minimum Gasteiger partial charge on any atom is -0.444 e. The summed E-state index contributed by atoms with van der Waals surface area (Å²) in [6, 6.07) is 8.25. The highest BCUT2D eigenvalue weighted by Gasteiger charge is 2.35. The molecule has 1 aliphatic rings. The second kappa shape index (κ2) is 8.52. The molecular formula is C20H33NO3. The monoisotopic (exact) mass is 335 g/mol. The Kier molecular flexibility index (Phi) is 7.27. The Labute approximate surface area is 146 Å². The van der Waals surface area contributed by atoms with Gasteiger partial charge in [-0.05, 0) is 46.1 Å². The Hall–Kier alpha value is -1.55. The number of aryl methyl sites for hydroxylation is 1. The first-order chi connectivity index (χ1) is 11.2. The topological polar surface area (TPSA) is 49.8 Å². The number of likely N-dealkylation sites (tertiary alicyclic amines) is 1. The van der Waals surface area contributed by atoms with E-state index in [1.54, 1.807) is 4.90 Å². The summed E-state index contributed by atoms with van der Waals surface area (Å²) in [5.74, 6) is 0. The van der Waals surface area contributed by atoms with Gasteiger partial charge in [-0.15, -0.1) is 0 Å². The lowest BCUT2D eigenvalue weighted by atomic mass is 9.85.